The molecule has 0 fully saturated rings. The summed E-state index contributed by atoms with van der Waals surface area (Å²) in [6.45, 7) is -0.641. The summed E-state index contributed by atoms with van der Waals surface area (Å²) >= 11 is 0. The molecule has 1 aromatic heterocycles. The monoisotopic (exact) mass is 271 g/mol. The van der Waals surface area contributed by atoms with Gasteiger partial charge in [0.1, 0.15) is 12.3 Å². The molecule has 1 heterocycles. The van der Waals surface area contributed by atoms with E-state index in [4.69, 9.17) is 9.11 Å². The van der Waals surface area contributed by atoms with Crippen LogP contribution >= 0.6 is 0 Å². The van der Waals surface area contributed by atoms with E-state index in [1.807, 2.05) is 0 Å². The molecule has 0 spiro atoms. The van der Waals surface area contributed by atoms with Crippen molar-refractivity contribution < 1.29 is 30.4 Å². The van der Waals surface area contributed by atoms with E-state index < -0.39 is 42.5 Å². The van der Waals surface area contributed by atoms with Gasteiger partial charge in [0.15, 0.2) is 4.90 Å². The zero-order valence-electron chi connectivity index (χ0n) is 7.39. The molecule has 0 aliphatic carbocycles. The summed E-state index contributed by atoms with van der Waals surface area (Å²) in [6, 6.07) is 0.583. The smallest absolute Gasteiger partial charge is 0.329 e. The molecule has 0 bridgehead atoms. The molecule has 0 radical (unpaired) electrons. The van der Waals surface area contributed by atoms with Crippen LogP contribution < -0.4 is 0 Å². The third-order valence-electron chi connectivity index (χ3n) is 1.45. The topological polar surface area (TPSA) is 151 Å². The van der Waals surface area contributed by atoms with Gasteiger partial charge in [0.25, 0.3) is 15.2 Å². The van der Waals surface area contributed by atoms with E-state index in [0.29, 0.717) is 6.07 Å². The molecule has 0 saturated carbocycles. The van der Waals surface area contributed by atoms with E-state index in [9.17, 15) is 21.7 Å². The first-order chi connectivity index (χ1) is 7.16. The maximum absolute atomic E-state index is 10.7. The van der Waals surface area contributed by atoms with Gasteiger partial charge in [-0.2, -0.15) is 21.7 Å². The van der Waals surface area contributed by atoms with Crippen molar-refractivity contribution in [1.29, 1.82) is 0 Å². The Labute approximate surface area is 89.5 Å². The summed E-state index contributed by atoms with van der Waals surface area (Å²) in [6.07, 6.45) is 0. The van der Waals surface area contributed by atoms with Crippen molar-refractivity contribution >= 4 is 20.2 Å². The van der Waals surface area contributed by atoms with Crippen LogP contribution in [0.25, 0.3) is 0 Å². The van der Waals surface area contributed by atoms with Crippen LogP contribution in [0.15, 0.2) is 25.6 Å². The third kappa shape index (κ3) is 2.63. The molecule has 0 saturated heterocycles. The molecule has 0 aromatic carbocycles. The zero-order chi connectivity index (χ0) is 12.6. The molecule has 16 heavy (non-hydrogen) atoms. The summed E-state index contributed by atoms with van der Waals surface area (Å²) in [7, 11) is -9.85. The number of hydrogen-bond acceptors (Lipinski definition) is 7. The molecule has 0 atom stereocenters. The SMILES string of the molecule is O=NCc1cc(S(=O)(=O)O)c(S(=O)(=O)O)o1. The van der Waals surface area contributed by atoms with Crippen LogP contribution in [0, 0.1) is 4.91 Å². The highest BCUT2D eigenvalue weighted by Gasteiger charge is 2.29. The van der Waals surface area contributed by atoms with E-state index in [1.165, 1.54) is 0 Å². The normalized spacial score (nSPS) is 12.6. The molecule has 11 heteroatoms. The molecule has 1 rings (SSSR count). The molecule has 0 aliphatic heterocycles. The van der Waals surface area contributed by atoms with E-state index in [1.54, 1.807) is 0 Å². The molecular weight excluding hydrogens is 266 g/mol. The maximum Gasteiger partial charge on any atom is 0.329 e. The Kier molecular flexibility index (Phi) is 3.14. The summed E-state index contributed by atoms with van der Waals surface area (Å²) in [4.78, 5) is 8.72. The van der Waals surface area contributed by atoms with E-state index in [0.717, 1.165) is 0 Å². The first-order valence-electron chi connectivity index (χ1n) is 3.53. The minimum Gasteiger partial charge on any atom is -0.444 e. The summed E-state index contributed by atoms with van der Waals surface area (Å²) in [5.41, 5.74) is 0. The minimum atomic E-state index is -4.96. The Bertz CT molecular complexity index is 559. The lowest BCUT2D eigenvalue weighted by Gasteiger charge is -1.94. The molecule has 90 valence electrons. The summed E-state index contributed by atoms with van der Waals surface area (Å²) in [5.74, 6) is -0.421. The highest BCUT2D eigenvalue weighted by atomic mass is 32.2. The van der Waals surface area contributed by atoms with Gasteiger partial charge in [-0.1, -0.05) is 5.18 Å². The average Bonchev–Trinajstić information content (AvgIpc) is 2.47. The van der Waals surface area contributed by atoms with Crippen LogP contribution in [-0.4, -0.2) is 25.9 Å². The fraction of sp³-hybridized carbons (Fsp3) is 0.200. The van der Waals surface area contributed by atoms with Gasteiger partial charge in [-0.3, -0.25) is 9.11 Å². The summed E-state index contributed by atoms with van der Waals surface area (Å²) in [5, 5.41) is 0.975. The van der Waals surface area contributed by atoms with Crippen molar-refractivity contribution in [2.24, 2.45) is 5.18 Å². The number of rotatable bonds is 4. The van der Waals surface area contributed by atoms with E-state index in [-0.39, 0.29) is 0 Å². The van der Waals surface area contributed by atoms with Gasteiger partial charge in [0, 0.05) is 6.07 Å². The second kappa shape index (κ2) is 3.93. The van der Waals surface area contributed by atoms with Crippen LogP contribution in [-0.2, 0) is 26.8 Å². The largest absolute Gasteiger partial charge is 0.444 e. The lowest BCUT2D eigenvalue weighted by Crippen LogP contribution is -2.05. The van der Waals surface area contributed by atoms with Gasteiger partial charge in [-0.15, -0.1) is 0 Å². The quantitative estimate of drug-likeness (QED) is 0.575. The Morgan fingerprint density at radius 1 is 1.19 bits per heavy atom. The Morgan fingerprint density at radius 3 is 2.06 bits per heavy atom. The standard InChI is InChI=1S/C5H5NO8S2/c7-6-2-3-1-4(15(8,9)10)5(14-3)16(11,12)13/h1H,2H2,(H,8,9,10)(H,11,12,13). The lowest BCUT2D eigenvalue weighted by molar-refractivity contribution is 0.372. The summed E-state index contributed by atoms with van der Waals surface area (Å²) < 4.78 is 64.5. The second-order valence-electron chi connectivity index (χ2n) is 2.60. The first kappa shape index (κ1) is 12.8. The van der Waals surface area contributed by atoms with Gasteiger partial charge < -0.3 is 4.42 Å². The first-order valence-corrected chi connectivity index (χ1v) is 6.41. The fourth-order valence-corrected chi connectivity index (χ4v) is 2.60. The van der Waals surface area contributed by atoms with Crippen LogP contribution in [0.3, 0.4) is 0 Å². The fourth-order valence-electron chi connectivity index (χ4n) is 0.905. The van der Waals surface area contributed by atoms with E-state index in [2.05, 4.69) is 9.59 Å². The Morgan fingerprint density at radius 2 is 1.75 bits per heavy atom. The van der Waals surface area contributed by atoms with Crippen LogP contribution in [0.5, 0.6) is 0 Å². The van der Waals surface area contributed by atoms with Crippen LogP contribution in [0.2, 0.25) is 0 Å². The number of nitroso groups, excluding NO2 is 1. The molecule has 0 unspecified atom stereocenters. The van der Waals surface area contributed by atoms with Crippen molar-refractivity contribution in [1.82, 2.24) is 0 Å². The predicted octanol–water partition coefficient (Wildman–Crippen LogP) is 0.0394. The van der Waals surface area contributed by atoms with Crippen LogP contribution in [0.4, 0.5) is 0 Å². The highest BCUT2D eigenvalue weighted by molar-refractivity contribution is 7.88. The van der Waals surface area contributed by atoms with Gasteiger partial charge in [0.2, 0.25) is 0 Å². The Hall–Kier alpha value is -1.30. The molecule has 2 N–H and O–H groups in total. The van der Waals surface area contributed by atoms with Crippen molar-refractivity contribution in [2.75, 3.05) is 0 Å². The van der Waals surface area contributed by atoms with Crippen molar-refractivity contribution in [3.8, 4) is 0 Å². The van der Waals surface area contributed by atoms with Gasteiger partial charge >= 0.3 is 10.1 Å². The molecule has 1 aromatic rings. The Balaban J connectivity index is 3.53. The van der Waals surface area contributed by atoms with Crippen LogP contribution in [0.1, 0.15) is 5.76 Å². The van der Waals surface area contributed by atoms with Gasteiger partial charge in [-0.05, 0) is 0 Å². The van der Waals surface area contributed by atoms with Crippen molar-refractivity contribution in [3.05, 3.63) is 16.7 Å². The third-order valence-corrected chi connectivity index (χ3v) is 3.21. The van der Waals surface area contributed by atoms with E-state index >= 15 is 0 Å². The zero-order valence-corrected chi connectivity index (χ0v) is 9.03. The lowest BCUT2D eigenvalue weighted by atomic mass is 10.5. The highest BCUT2D eigenvalue weighted by Crippen LogP contribution is 2.25. The molecule has 0 aliphatic rings. The minimum absolute atomic E-state index is 0.421. The average molecular weight is 271 g/mol. The maximum atomic E-state index is 10.7. The molecular formula is C5H5NO8S2. The number of hydrogen-bond donors (Lipinski definition) is 2. The number of nitrogens with zero attached hydrogens (tertiary/aromatic N) is 1. The second-order valence-corrected chi connectivity index (χ2v) is 5.31. The van der Waals surface area contributed by atoms with Gasteiger partial charge in [-0.25, -0.2) is 0 Å². The number of furan rings is 1. The molecule has 9 nitrogen and oxygen atoms in total. The van der Waals surface area contributed by atoms with Gasteiger partial charge in [0.05, 0.1) is 0 Å². The predicted molar refractivity (Wildman–Crippen MR) is 47.8 cm³/mol. The van der Waals surface area contributed by atoms with Crippen molar-refractivity contribution in [2.45, 2.75) is 16.5 Å². The van der Waals surface area contributed by atoms with Crippen molar-refractivity contribution in [3.63, 3.8) is 0 Å². The molecule has 0 amide bonds.